The Labute approximate surface area is 135 Å². The third-order valence-corrected chi connectivity index (χ3v) is 3.43. The monoisotopic (exact) mass is 318 g/mol. The third-order valence-electron chi connectivity index (χ3n) is 3.43. The van der Waals surface area contributed by atoms with Crippen LogP contribution in [-0.2, 0) is 0 Å². The van der Waals surface area contributed by atoms with Gasteiger partial charge in [-0.3, -0.25) is 5.32 Å². The minimum atomic E-state index is -0.326. The first-order valence-corrected chi connectivity index (χ1v) is 7.28. The number of amides is 2. The van der Waals surface area contributed by atoms with E-state index in [1.807, 2.05) is 43.3 Å². The molecule has 0 aliphatic carbocycles. The van der Waals surface area contributed by atoms with Crippen LogP contribution >= 0.6 is 0 Å². The summed E-state index contributed by atoms with van der Waals surface area (Å²) in [6.07, 6.45) is 0. The number of carbonyl (C=O) groups is 1. The number of methoxy groups -OCH3 is 1. The molecule has 1 heterocycles. The highest BCUT2D eigenvalue weighted by molar-refractivity contribution is 5.88. The van der Waals surface area contributed by atoms with Crippen molar-refractivity contribution in [3.05, 3.63) is 41.7 Å². The first-order chi connectivity index (χ1) is 11.0. The number of hydrogen-bond acceptors (Lipinski definition) is 5. The molecule has 0 bridgehead atoms. The van der Waals surface area contributed by atoms with Crippen LogP contribution in [0.3, 0.4) is 0 Å². The predicted molar refractivity (Wildman–Crippen MR) is 87.7 cm³/mol. The van der Waals surface area contributed by atoms with E-state index in [1.54, 1.807) is 20.1 Å². The van der Waals surface area contributed by atoms with Crippen LogP contribution in [0, 0.1) is 6.92 Å². The molecule has 1 atom stereocenters. The van der Waals surface area contributed by atoms with Gasteiger partial charge in [-0.05, 0) is 38.7 Å². The average Bonchev–Trinajstić information content (AvgIpc) is 2.92. The Morgan fingerprint density at radius 2 is 2.17 bits per heavy atom. The molecule has 124 valence electrons. The van der Waals surface area contributed by atoms with Gasteiger partial charge in [0, 0.05) is 12.6 Å². The zero-order valence-corrected chi connectivity index (χ0v) is 13.8. The molecule has 0 aliphatic heterocycles. The highest BCUT2D eigenvalue weighted by Crippen LogP contribution is 2.22. The van der Waals surface area contributed by atoms with Crippen molar-refractivity contribution < 1.29 is 14.1 Å². The number of ether oxygens (including phenoxy) is 1. The second-order valence-electron chi connectivity index (χ2n) is 5.41. The summed E-state index contributed by atoms with van der Waals surface area (Å²) < 4.78 is 10.2. The summed E-state index contributed by atoms with van der Waals surface area (Å²) in [4.78, 5) is 14.0. The summed E-state index contributed by atoms with van der Waals surface area (Å²) >= 11 is 0. The molecule has 0 radical (unpaired) electrons. The zero-order valence-electron chi connectivity index (χ0n) is 13.8. The van der Waals surface area contributed by atoms with Gasteiger partial charge in [0.05, 0.1) is 13.2 Å². The molecule has 1 unspecified atom stereocenters. The Kier molecular flexibility index (Phi) is 5.59. The normalized spacial score (nSPS) is 12.0. The fourth-order valence-electron chi connectivity index (χ4n) is 2.22. The number of aromatic nitrogens is 1. The molecule has 0 fully saturated rings. The summed E-state index contributed by atoms with van der Waals surface area (Å²) in [5, 5.41) is 9.20. The number of urea groups is 1. The highest BCUT2D eigenvalue weighted by Gasteiger charge is 2.16. The number of likely N-dealkylation sites (N-methyl/N-ethyl adjacent to an activating group) is 1. The SMILES string of the molecule is COc1cccc(C(CNC(=O)Nc2cc(C)on2)N(C)C)c1. The van der Waals surface area contributed by atoms with E-state index in [-0.39, 0.29) is 12.1 Å². The molecule has 2 aromatic rings. The summed E-state index contributed by atoms with van der Waals surface area (Å²) in [6, 6.07) is 9.15. The van der Waals surface area contributed by atoms with E-state index in [4.69, 9.17) is 9.26 Å². The molecule has 7 heteroatoms. The van der Waals surface area contributed by atoms with Crippen LogP contribution in [0.1, 0.15) is 17.4 Å². The van der Waals surface area contributed by atoms with Crippen LogP contribution in [0.5, 0.6) is 5.75 Å². The van der Waals surface area contributed by atoms with E-state index in [2.05, 4.69) is 15.8 Å². The number of rotatable bonds is 6. The zero-order chi connectivity index (χ0) is 16.8. The van der Waals surface area contributed by atoms with Gasteiger partial charge >= 0.3 is 6.03 Å². The van der Waals surface area contributed by atoms with Crippen molar-refractivity contribution in [2.24, 2.45) is 0 Å². The van der Waals surface area contributed by atoms with Gasteiger partial charge < -0.3 is 19.5 Å². The lowest BCUT2D eigenvalue weighted by molar-refractivity contribution is 0.243. The second kappa shape index (κ2) is 7.64. The molecular weight excluding hydrogens is 296 g/mol. The number of benzene rings is 1. The standard InChI is InChI=1S/C16H22N4O3/c1-11-8-15(19-23-11)18-16(21)17-10-14(20(2)3)12-6-5-7-13(9-12)22-4/h5-9,14H,10H2,1-4H3,(H2,17,18,19,21). The molecule has 2 rings (SSSR count). The lowest BCUT2D eigenvalue weighted by Crippen LogP contribution is -2.36. The van der Waals surface area contributed by atoms with Gasteiger partial charge in [-0.25, -0.2) is 4.79 Å². The predicted octanol–water partition coefficient (Wildman–Crippen LogP) is 2.42. The summed E-state index contributed by atoms with van der Waals surface area (Å²) in [5.41, 5.74) is 1.06. The third kappa shape index (κ3) is 4.72. The van der Waals surface area contributed by atoms with Crippen molar-refractivity contribution in [3.63, 3.8) is 0 Å². The van der Waals surface area contributed by atoms with E-state index >= 15 is 0 Å². The number of anilines is 1. The van der Waals surface area contributed by atoms with E-state index in [9.17, 15) is 4.79 Å². The Bertz CT molecular complexity index is 654. The van der Waals surface area contributed by atoms with Gasteiger partial charge in [-0.15, -0.1) is 0 Å². The fraction of sp³-hybridized carbons (Fsp3) is 0.375. The molecule has 7 nitrogen and oxygen atoms in total. The van der Waals surface area contributed by atoms with Crippen molar-refractivity contribution in [1.82, 2.24) is 15.4 Å². The number of carbonyl (C=O) groups excluding carboxylic acids is 1. The van der Waals surface area contributed by atoms with Crippen LogP contribution in [0.15, 0.2) is 34.9 Å². The second-order valence-corrected chi connectivity index (χ2v) is 5.41. The number of nitrogens with one attached hydrogen (secondary N) is 2. The lowest BCUT2D eigenvalue weighted by Gasteiger charge is -2.25. The van der Waals surface area contributed by atoms with Gasteiger partial charge in [0.2, 0.25) is 0 Å². The molecule has 1 aromatic heterocycles. The Morgan fingerprint density at radius 1 is 1.39 bits per heavy atom. The van der Waals surface area contributed by atoms with Crippen molar-refractivity contribution in [1.29, 1.82) is 0 Å². The summed E-state index contributed by atoms with van der Waals surface area (Å²) in [7, 11) is 5.56. The van der Waals surface area contributed by atoms with Gasteiger partial charge in [0.1, 0.15) is 11.5 Å². The lowest BCUT2D eigenvalue weighted by atomic mass is 10.1. The van der Waals surface area contributed by atoms with Crippen molar-refractivity contribution >= 4 is 11.8 Å². The van der Waals surface area contributed by atoms with Crippen LogP contribution in [0.25, 0.3) is 0 Å². The largest absolute Gasteiger partial charge is 0.497 e. The van der Waals surface area contributed by atoms with Crippen molar-refractivity contribution in [2.75, 3.05) is 33.1 Å². The molecule has 2 amide bonds. The highest BCUT2D eigenvalue weighted by atomic mass is 16.5. The van der Waals surface area contributed by atoms with E-state index in [1.165, 1.54) is 0 Å². The molecule has 1 aromatic carbocycles. The van der Waals surface area contributed by atoms with Crippen molar-refractivity contribution in [2.45, 2.75) is 13.0 Å². The van der Waals surface area contributed by atoms with Crippen LogP contribution in [0.4, 0.5) is 10.6 Å². The van der Waals surface area contributed by atoms with Crippen LogP contribution in [0.2, 0.25) is 0 Å². The minimum absolute atomic E-state index is 0.0231. The Hall–Kier alpha value is -2.54. The first kappa shape index (κ1) is 16.8. The molecule has 23 heavy (non-hydrogen) atoms. The van der Waals surface area contributed by atoms with Crippen LogP contribution in [-0.4, -0.2) is 43.8 Å². The molecule has 2 N–H and O–H groups in total. The van der Waals surface area contributed by atoms with Gasteiger partial charge in [-0.1, -0.05) is 17.3 Å². The van der Waals surface area contributed by atoms with Crippen LogP contribution < -0.4 is 15.4 Å². The molecule has 0 aliphatic rings. The maximum absolute atomic E-state index is 12.0. The summed E-state index contributed by atoms with van der Waals surface area (Å²) in [6.45, 7) is 2.21. The maximum Gasteiger partial charge on any atom is 0.320 e. The summed E-state index contributed by atoms with van der Waals surface area (Å²) in [5.74, 6) is 1.82. The molecule has 0 saturated heterocycles. The number of aryl methyl sites for hydroxylation is 1. The van der Waals surface area contributed by atoms with E-state index in [0.29, 0.717) is 18.1 Å². The molecular formula is C16H22N4O3. The first-order valence-electron chi connectivity index (χ1n) is 7.28. The minimum Gasteiger partial charge on any atom is -0.497 e. The van der Waals surface area contributed by atoms with Gasteiger partial charge in [0.15, 0.2) is 5.82 Å². The Balaban J connectivity index is 1.98. The molecule has 0 spiro atoms. The van der Waals surface area contributed by atoms with Crippen molar-refractivity contribution in [3.8, 4) is 5.75 Å². The fourth-order valence-corrected chi connectivity index (χ4v) is 2.22. The number of nitrogens with zero attached hydrogens (tertiary/aromatic N) is 2. The van der Waals surface area contributed by atoms with E-state index < -0.39 is 0 Å². The Morgan fingerprint density at radius 3 is 2.78 bits per heavy atom. The topological polar surface area (TPSA) is 79.6 Å². The quantitative estimate of drug-likeness (QED) is 0.855. The van der Waals surface area contributed by atoms with Gasteiger partial charge in [-0.2, -0.15) is 0 Å². The smallest absolute Gasteiger partial charge is 0.320 e. The average molecular weight is 318 g/mol. The van der Waals surface area contributed by atoms with E-state index in [0.717, 1.165) is 11.3 Å². The molecule has 0 saturated carbocycles. The van der Waals surface area contributed by atoms with Gasteiger partial charge in [0.25, 0.3) is 0 Å². The number of hydrogen-bond donors (Lipinski definition) is 2. The maximum atomic E-state index is 12.0.